The van der Waals surface area contributed by atoms with Gasteiger partial charge in [-0.1, -0.05) is 65.2 Å². The molecule has 0 N–H and O–H groups in total. The highest BCUT2D eigenvalue weighted by atomic mass is 32.2. The second-order valence-electron chi connectivity index (χ2n) is 13.8. The van der Waals surface area contributed by atoms with Crippen LogP contribution in [0.1, 0.15) is 129 Å². The third-order valence-corrected chi connectivity index (χ3v) is 12.6. The predicted molar refractivity (Wildman–Crippen MR) is 174 cm³/mol. The summed E-state index contributed by atoms with van der Waals surface area (Å²) >= 11 is 0. The zero-order chi connectivity index (χ0) is 45.7. The third-order valence-electron chi connectivity index (χ3n) is 9.06. The lowest BCUT2D eigenvalue weighted by Crippen LogP contribution is -2.60. The quantitative estimate of drug-likeness (QED) is 0.0391. The average molecular weight is 935 g/mol. The molecular formula is C32H48F18O6S2. The standard InChI is InChI=1S/C32H48F18O6S2/c1-3-5-15-23(17-9-7-11-19-25(33,34)27(37,38)29(41,42)31(45,46)47)57(51,52)55-21-13-14-22-56-58(53,54)24(16-6-4-2)18-10-8-12-20-26(35,36)28(39,40)30(43,44)32(48,49)50/h23-24H,3-22H2,1-2H3. The van der Waals surface area contributed by atoms with E-state index < -0.39 is 130 Å². The zero-order valence-electron chi connectivity index (χ0n) is 31.4. The minimum absolute atomic E-state index is 0.0196. The minimum atomic E-state index is -7.02. The smallest absolute Gasteiger partial charge is 0.270 e. The normalized spacial score (nSPS) is 15.9. The Morgan fingerprint density at radius 2 is 0.655 bits per heavy atom. The number of rotatable bonds is 31. The number of alkyl halides is 18. The molecule has 58 heavy (non-hydrogen) atoms. The molecule has 0 rings (SSSR count). The van der Waals surface area contributed by atoms with Gasteiger partial charge >= 0.3 is 47.9 Å². The van der Waals surface area contributed by atoms with Crippen LogP contribution in [-0.2, 0) is 28.6 Å². The van der Waals surface area contributed by atoms with Gasteiger partial charge in [-0.25, -0.2) is 0 Å². The van der Waals surface area contributed by atoms with Gasteiger partial charge in [-0.3, -0.25) is 8.37 Å². The van der Waals surface area contributed by atoms with E-state index in [0.717, 1.165) is 0 Å². The lowest BCUT2D eigenvalue weighted by atomic mass is 9.97. The molecule has 0 radical (unpaired) electrons. The Morgan fingerprint density at radius 3 is 0.914 bits per heavy atom. The van der Waals surface area contributed by atoms with E-state index >= 15 is 0 Å². The molecule has 0 aliphatic carbocycles. The van der Waals surface area contributed by atoms with Gasteiger partial charge in [-0.05, 0) is 51.4 Å². The lowest BCUT2D eigenvalue weighted by Gasteiger charge is -2.33. The Kier molecular flexibility index (Phi) is 21.5. The van der Waals surface area contributed by atoms with Crippen molar-refractivity contribution in [1.29, 1.82) is 0 Å². The van der Waals surface area contributed by atoms with Crippen molar-refractivity contribution in [1.82, 2.24) is 0 Å². The van der Waals surface area contributed by atoms with Crippen LogP contribution in [0, 0.1) is 0 Å². The van der Waals surface area contributed by atoms with E-state index in [9.17, 15) is 95.9 Å². The van der Waals surface area contributed by atoms with Crippen LogP contribution in [0.15, 0.2) is 0 Å². The van der Waals surface area contributed by atoms with Gasteiger partial charge in [0, 0.05) is 12.8 Å². The fraction of sp³-hybridized carbons (Fsp3) is 1.00. The zero-order valence-corrected chi connectivity index (χ0v) is 33.0. The number of unbranched alkanes of at least 4 members (excludes halogenated alkanes) is 7. The summed E-state index contributed by atoms with van der Waals surface area (Å²) in [5, 5.41) is -2.52. The molecule has 2 unspecified atom stereocenters. The summed E-state index contributed by atoms with van der Waals surface area (Å²) in [6.45, 7) is 2.35. The van der Waals surface area contributed by atoms with Crippen molar-refractivity contribution in [2.45, 2.75) is 188 Å². The van der Waals surface area contributed by atoms with Gasteiger partial charge in [0.15, 0.2) is 0 Å². The first-order valence-corrected chi connectivity index (χ1v) is 21.1. The number of hydrogen-bond acceptors (Lipinski definition) is 6. The predicted octanol–water partition coefficient (Wildman–Crippen LogP) is 12.4. The summed E-state index contributed by atoms with van der Waals surface area (Å²) < 4.78 is 296. The molecule has 0 heterocycles. The van der Waals surface area contributed by atoms with Crippen molar-refractivity contribution >= 4 is 20.2 Å². The van der Waals surface area contributed by atoms with Crippen LogP contribution in [0.5, 0.6) is 0 Å². The molecular weight excluding hydrogens is 886 g/mol. The summed E-state index contributed by atoms with van der Waals surface area (Å²) in [5.41, 5.74) is 0. The van der Waals surface area contributed by atoms with Gasteiger partial charge in [0.25, 0.3) is 20.2 Å². The maximum atomic E-state index is 13.8. The van der Waals surface area contributed by atoms with E-state index in [0.29, 0.717) is 25.7 Å². The minimum Gasteiger partial charge on any atom is -0.270 e. The van der Waals surface area contributed by atoms with E-state index in [4.69, 9.17) is 8.37 Å². The van der Waals surface area contributed by atoms with Crippen molar-refractivity contribution in [3.05, 3.63) is 0 Å². The Hall–Kier alpha value is -1.44. The summed E-state index contributed by atoms with van der Waals surface area (Å²) in [4.78, 5) is 0. The van der Waals surface area contributed by atoms with Crippen LogP contribution in [0.25, 0.3) is 0 Å². The van der Waals surface area contributed by atoms with Crippen molar-refractivity contribution in [2.24, 2.45) is 0 Å². The van der Waals surface area contributed by atoms with Crippen molar-refractivity contribution < 1.29 is 104 Å². The summed E-state index contributed by atoms with van der Waals surface area (Å²) in [6.07, 6.45) is -20.6. The summed E-state index contributed by atoms with van der Waals surface area (Å²) in [6, 6.07) is 0. The Morgan fingerprint density at radius 1 is 0.379 bits per heavy atom. The fourth-order valence-electron chi connectivity index (χ4n) is 5.40. The monoisotopic (exact) mass is 934 g/mol. The van der Waals surface area contributed by atoms with Crippen LogP contribution in [0.4, 0.5) is 79.0 Å². The van der Waals surface area contributed by atoms with E-state index in [1.54, 1.807) is 13.8 Å². The first kappa shape index (κ1) is 56.6. The van der Waals surface area contributed by atoms with Gasteiger partial charge in [-0.2, -0.15) is 95.9 Å². The average Bonchev–Trinajstić information content (AvgIpc) is 3.06. The summed E-state index contributed by atoms with van der Waals surface area (Å²) in [7, 11) is -8.76. The molecule has 350 valence electrons. The van der Waals surface area contributed by atoms with E-state index in [2.05, 4.69) is 0 Å². The van der Waals surface area contributed by atoms with Gasteiger partial charge < -0.3 is 0 Å². The molecule has 0 saturated heterocycles. The molecule has 0 aromatic rings. The van der Waals surface area contributed by atoms with E-state index in [-0.39, 0.29) is 51.4 Å². The van der Waals surface area contributed by atoms with Crippen LogP contribution >= 0.6 is 0 Å². The topological polar surface area (TPSA) is 86.7 Å². The number of hydrogen-bond donors (Lipinski definition) is 0. The summed E-state index contributed by atoms with van der Waals surface area (Å²) in [5.74, 6) is -39.1. The second-order valence-corrected chi connectivity index (χ2v) is 17.5. The molecule has 2 atom stereocenters. The molecule has 0 aliphatic heterocycles. The number of halogens is 18. The molecule has 0 bridgehead atoms. The highest BCUT2D eigenvalue weighted by Gasteiger charge is 2.82. The molecule has 0 saturated carbocycles. The van der Waals surface area contributed by atoms with Gasteiger partial charge in [0.05, 0.1) is 23.7 Å². The second kappa shape index (κ2) is 22.1. The Balaban J connectivity index is 5.06. The molecule has 0 spiro atoms. The molecule has 0 aromatic carbocycles. The highest BCUT2D eigenvalue weighted by molar-refractivity contribution is 7.87. The lowest BCUT2D eigenvalue weighted by molar-refractivity contribution is -0.396. The SMILES string of the molecule is CCCCC(CCCCCC(F)(F)C(F)(F)C(F)(F)C(F)(F)F)S(=O)(=O)OCCCCOS(=O)(=O)C(CCCC)CCCCCC(F)(F)C(F)(F)C(F)(F)C(F)(F)F. The third kappa shape index (κ3) is 15.2. The molecule has 0 fully saturated rings. The van der Waals surface area contributed by atoms with Crippen molar-refractivity contribution in [2.75, 3.05) is 13.2 Å². The Bertz CT molecular complexity index is 1310. The maximum Gasteiger partial charge on any atom is 0.460 e. The van der Waals surface area contributed by atoms with E-state index in [1.807, 2.05) is 0 Å². The van der Waals surface area contributed by atoms with E-state index in [1.165, 1.54) is 0 Å². The molecule has 0 amide bonds. The van der Waals surface area contributed by atoms with Gasteiger partial charge in [0.2, 0.25) is 0 Å². The molecule has 26 heteroatoms. The van der Waals surface area contributed by atoms with Gasteiger partial charge in [-0.15, -0.1) is 0 Å². The Labute approximate surface area is 325 Å². The van der Waals surface area contributed by atoms with Gasteiger partial charge in [0.1, 0.15) is 0 Å². The van der Waals surface area contributed by atoms with Crippen molar-refractivity contribution in [3.8, 4) is 0 Å². The van der Waals surface area contributed by atoms with Crippen LogP contribution in [-0.4, -0.2) is 88.4 Å². The first-order valence-electron chi connectivity index (χ1n) is 18.2. The molecule has 0 aliphatic rings. The van der Waals surface area contributed by atoms with Crippen LogP contribution in [0.2, 0.25) is 0 Å². The van der Waals surface area contributed by atoms with Crippen molar-refractivity contribution in [3.63, 3.8) is 0 Å². The first-order chi connectivity index (χ1) is 26.0. The fourth-order valence-corrected chi connectivity index (χ4v) is 8.30. The maximum absolute atomic E-state index is 13.8. The molecule has 0 aromatic heterocycles. The largest absolute Gasteiger partial charge is 0.460 e. The van der Waals surface area contributed by atoms with Crippen LogP contribution in [0.3, 0.4) is 0 Å². The highest BCUT2D eigenvalue weighted by Crippen LogP contribution is 2.55. The van der Waals surface area contributed by atoms with Crippen LogP contribution < -0.4 is 0 Å². The molecule has 6 nitrogen and oxygen atoms in total.